The third kappa shape index (κ3) is 12.9. The Hall–Kier alpha value is -3.01. The van der Waals surface area contributed by atoms with E-state index in [-0.39, 0.29) is 50.0 Å². The predicted octanol–water partition coefficient (Wildman–Crippen LogP) is 2.16. The number of nitrogens with two attached hydrogens (primary N) is 1. The Kier molecular flexibility index (Phi) is 14.6. The number of sulfonamides is 1. The summed E-state index contributed by atoms with van der Waals surface area (Å²) in [4.78, 5) is 35.4. The van der Waals surface area contributed by atoms with Gasteiger partial charge in [0.2, 0.25) is 21.8 Å². The van der Waals surface area contributed by atoms with E-state index in [0.29, 0.717) is 19.5 Å². The number of primary sulfonamides is 1. The van der Waals surface area contributed by atoms with E-state index in [2.05, 4.69) is 25.5 Å². The fourth-order valence-corrected chi connectivity index (χ4v) is 4.46. The van der Waals surface area contributed by atoms with Crippen LogP contribution in [-0.4, -0.2) is 54.7 Å². The van der Waals surface area contributed by atoms with Crippen LogP contribution in [-0.2, 0) is 59.5 Å². The summed E-state index contributed by atoms with van der Waals surface area (Å²) in [7, 11) is -3.72. The number of carbonyl (C=O) groups is 2. The van der Waals surface area contributed by atoms with Crippen LogP contribution in [0.5, 0.6) is 0 Å². The molecule has 0 unspecified atom stereocenters. The molecule has 0 aliphatic carbocycles. The third-order valence-corrected chi connectivity index (χ3v) is 6.94. The van der Waals surface area contributed by atoms with E-state index in [0.717, 1.165) is 49.4 Å². The van der Waals surface area contributed by atoms with Gasteiger partial charge in [-0.2, -0.15) is 0 Å². The third-order valence-electron chi connectivity index (χ3n) is 6.01. The van der Waals surface area contributed by atoms with Gasteiger partial charge in [0.25, 0.3) is 0 Å². The van der Waals surface area contributed by atoms with Gasteiger partial charge in [-0.1, -0.05) is 24.3 Å². The zero-order valence-corrected chi connectivity index (χ0v) is 25.9. The molecular weight excluding hydrogens is 703 g/mol. The van der Waals surface area contributed by atoms with Gasteiger partial charge in [-0.15, -0.1) is 0 Å². The van der Waals surface area contributed by atoms with Crippen molar-refractivity contribution < 1.29 is 38.4 Å². The van der Waals surface area contributed by atoms with Crippen LogP contribution in [0, 0.1) is 0 Å². The van der Waals surface area contributed by atoms with E-state index in [4.69, 9.17) is 5.14 Å². The second kappa shape index (κ2) is 17.6. The van der Waals surface area contributed by atoms with Crippen LogP contribution >= 0.6 is 0 Å². The number of aromatic nitrogens is 2. The summed E-state index contributed by atoms with van der Waals surface area (Å²) in [6.07, 6.45) is 6.09. The summed E-state index contributed by atoms with van der Waals surface area (Å²) in [5, 5.41) is 10.8. The number of unbranched alkanes of at least 4 members (excludes halogenated alkanes) is 1. The van der Waals surface area contributed by atoms with Gasteiger partial charge in [-0.25, -0.2) is 13.6 Å². The van der Waals surface area contributed by atoms with Crippen LogP contribution in [0.4, 0.5) is 0 Å². The summed E-state index contributed by atoms with van der Waals surface area (Å²) in [6, 6.07) is 18.0. The molecule has 0 aliphatic rings. The van der Waals surface area contributed by atoms with Crippen molar-refractivity contribution in [3.05, 3.63) is 90.0 Å². The summed E-state index contributed by atoms with van der Waals surface area (Å²) < 4.78 is 22.6. The molecule has 1 radical (unpaired) electrons. The molecule has 0 aliphatic heterocycles. The molecule has 40 heavy (non-hydrogen) atoms. The molecule has 3 rings (SSSR count). The van der Waals surface area contributed by atoms with Crippen molar-refractivity contribution in [1.29, 1.82) is 0 Å². The molecule has 0 saturated carbocycles. The number of nitrogens with zero attached hydrogens (tertiary/aromatic N) is 3. The van der Waals surface area contributed by atoms with Crippen LogP contribution in [0.2, 0.25) is 0 Å². The van der Waals surface area contributed by atoms with Gasteiger partial charge < -0.3 is 10.6 Å². The van der Waals surface area contributed by atoms with Crippen LogP contribution < -0.4 is 15.8 Å². The molecule has 215 valence electrons. The summed E-state index contributed by atoms with van der Waals surface area (Å²) in [5.41, 5.74) is 2.87. The first-order valence-corrected chi connectivity index (χ1v) is 14.5. The van der Waals surface area contributed by atoms with Crippen molar-refractivity contribution in [2.45, 2.75) is 50.1 Å². The largest absolute Gasteiger partial charge is 0.356 e. The maximum Gasteiger partial charge on any atom is 0.238 e. The maximum absolute atomic E-state index is 12.2. The average Bonchev–Trinajstić information content (AvgIpc) is 2.92. The number of nitrogens with one attached hydrogen (secondary N) is 2. The van der Waals surface area contributed by atoms with E-state index >= 15 is 0 Å². The van der Waals surface area contributed by atoms with Crippen molar-refractivity contribution in [3.8, 4) is 0 Å². The Labute approximate surface area is 249 Å². The van der Waals surface area contributed by atoms with Gasteiger partial charge in [0.05, 0.1) is 16.3 Å². The summed E-state index contributed by atoms with van der Waals surface area (Å²) in [5.74, 6) is -0.353. The molecular formula is C28H36N6O4ReS. The first-order chi connectivity index (χ1) is 18.8. The van der Waals surface area contributed by atoms with Crippen LogP contribution in [0.1, 0.15) is 42.6 Å². The summed E-state index contributed by atoms with van der Waals surface area (Å²) >= 11 is 0. The Morgan fingerprint density at radius 3 is 1.82 bits per heavy atom. The monoisotopic (exact) mass is 739 g/mol. The SMILES string of the molecule is NS(=O)(=O)c1ccc(CCNC(=O)CCC(=O)NCCCCN(Cc2ccccn2)Cc2ccccn2)cc1.[Re]. The number of amides is 2. The van der Waals surface area contributed by atoms with Gasteiger partial charge in [0.15, 0.2) is 0 Å². The van der Waals surface area contributed by atoms with Gasteiger partial charge in [0.1, 0.15) is 0 Å². The van der Waals surface area contributed by atoms with E-state index in [1.807, 2.05) is 36.4 Å². The first kappa shape index (κ1) is 33.2. The zero-order chi connectivity index (χ0) is 27.9. The molecule has 0 saturated heterocycles. The quantitative estimate of drug-likeness (QED) is 0.191. The number of hydrogen-bond donors (Lipinski definition) is 3. The predicted molar refractivity (Wildman–Crippen MR) is 149 cm³/mol. The molecule has 2 heterocycles. The maximum atomic E-state index is 12.2. The van der Waals surface area contributed by atoms with Crippen LogP contribution in [0.3, 0.4) is 0 Å². The molecule has 0 spiro atoms. The fraction of sp³-hybridized carbons (Fsp3) is 0.357. The van der Waals surface area contributed by atoms with Gasteiger partial charge in [0, 0.05) is 71.8 Å². The zero-order valence-electron chi connectivity index (χ0n) is 22.3. The second-order valence-corrected chi connectivity index (χ2v) is 10.8. The van der Waals surface area contributed by atoms with Crippen molar-refractivity contribution in [2.75, 3.05) is 19.6 Å². The van der Waals surface area contributed by atoms with Crippen molar-refractivity contribution in [1.82, 2.24) is 25.5 Å². The van der Waals surface area contributed by atoms with Gasteiger partial charge in [-0.05, 0) is 67.8 Å². The summed E-state index contributed by atoms with van der Waals surface area (Å²) in [6.45, 7) is 3.23. The molecule has 10 nitrogen and oxygen atoms in total. The molecule has 0 bridgehead atoms. The van der Waals surface area contributed by atoms with Gasteiger partial charge in [-0.3, -0.25) is 24.5 Å². The van der Waals surface area contributed by atoms with Crippen molar-refractivity contribution >= 4 is 21.8 Å². The smallest absolute Gasteiger partial charge is 0.238 e. The first-order valence-electron chi connectivity index (χ1n) is 13.0. The van der Waals surface area contributed by atoms with E-state index in [1.165, 1.54) is 12.1 Å². The minimum Gasteiger partial charge on any atom is -0.356 e. The normalized spacial score (nSPS) is 11.1. The Morgan fingerprint density at radius 1 is 0.775 bits per heavy atom. The standard InChI is InChI=1S/C28H36N6O4S.Re/c29-39(37,38)26-11-9-23(10-12-26)15-19-33-28(36)14-13-27(35)32-18-5-6-20-34(21-24-7-1-3-16-30-24)22-25-8-2-4-17-31-25;/h1-4,7-12,16-17H,5-6,13-15,18-22H2,(H,32,35)(H,33,36)(H2,29,37,38);. The molecule has 1 aromatic carbocycles. The minimum atomic E-state index is -3.72. The average molecular weight is 739 g/mol. The molecule has 2 aromatic heterocycles. The minimum absolute atomic E-state index is 0. The number of carbonyl (C=O) groups excluding carboxylic acids is 2. The number of pyridine rings is 2. The molecule has 3 aromatic rings. The number of hydrogen-bond acceptors (Lipinski definition) is 7. The van der Waals surface area contributed by atoms with Crippen LogP contribution in [0.15, 0.2) is 78.0 Å². The topological polar surface area (TPSA) is 147 Å². The van der Waals surface area contributed by atoms with E-state index in [1.54, 1.807) is 24.5 Å². The molecule has 2 amide bonds. The van der Waals surface area contributed by atoms with Crippen molar-refractivity contribution in [2.24, 2.45) is 5.14 Å². The van der Waals surface area contributed by atoms with E-state index in [9.17, 15) is 18.0 Å². The van der Waals surface area contributed by atoms with Gasteiger partial charge >= 0.3 is 0 Å². The number of rotatable bonds is 16. The Bertz CT molecular complexity index is 1240. The fourth-order valence-electron chi connectivity index (χ4n) is 3.94. The van der Waals surface area contributed by atoms with E-state index < -0.39 is 10.0 Å². The molecule has 0 atom stereocenters. The molecule has 12 heteroatoms. The molecule has 4 N–H and O–H groups in total. The second-order valence-electron chi connectivity index (χ2n) is 9.20. The van der Waals surface area contributed by atoms with Crippen LogP contribution in [0.25, 0.3) is 0 Å². The Morgan fingerprint density at radius 2 is 1.32 bits per heavy atom. The van der Waals surface area contributed by atoms with Crippen molar-refractivity contribution in [3.63, 3.8) is 0 Å². The molecule has 0 fully saturated rings. The number of benzene rings is 1. The Balaban J connectivity index is 0.00000560.